The number of hydrogen-bond acceptors (Lipinski definition) is 4. The highest BCUT2D eigenvalue weighted by atomic mass is 28.2. The van der Waals surface area contributed by atoms with Crippen LogP contribution >= 0.6 is 0 Å². The Labute approximate surface area is 165 Å². The summed E-state index contributed by atoms with van der Waals surface area (Å²) in [6, 6.07) is 9.18. The van der Waals surface area contributed by atoms with Crippen LogP contribution < -0.4 is 0 Å². The van der Waals surface area contributed by atoms with Gasteiger partial charge < -0.3 is 14.1 Å². The van der Waals surface area contributed by atoms with Crippen LogP contribution in [0.5, 0.6) is 0 Å². The average molecular weight is 386 g/mol. The van der Waals surface area contributed by atoms with E-state index in [-0.39, 0.29) is 5.04 Å². The van der Waals surface area contributed by atoms with Crippen molar-refractivity contribution in [2.24, 2.45) is 0 Å². The minimum absolute atomic E-state index is 0.172. The second-order valence-corrected chi connectivity index (χ2v) is 12.0. The van der Waals surface area contributed by atoms with E-state index in [1.807, 2.05) is 36.6 Å². The van der Waals surface area contributed by atoms with Gasteiger partial charge in [-0.15, -0.1) is 0 Å². The maximum Gasteiger partial charge on any atom is 0.168 e. The normalized spacial score (nSPS) is 14.5. The number of aliphatic hydroxyl groups is 1. The van der Waals surface area contributed by atoms with Gasteiger partial charge in [0.05, 0.1) is 47.1 Å². The highest BCUT2D eigenvalue weighted by molar-refractivity contribution is 6.31. The van der Waals surface area contributed by atoms with E-state index < -0.39 is 27.0 Å². The van der Waals surface area contributed by atoms with Crippen molar-refractivity contribution < 1.29 is 9.53 Å². The highest BCUT2D eigenvalue weighted by Gasteiger charge is 2.36. The molecule has 1 atom stereocenters. The molecule has 0 amide bonds. The third kappa shape index (κ3) is 5.07. The summed E-state index contributed by atoms with van der Waals surface area (Å²) in [5, 5.41) is 20.7. The van der Waals surface area contributed by atoms with E-state index >= 15 is 0 Å². The molecule has 1 aromatic heterocycles. The number of benzene rings is 1. The fourth-order valence-corrected chi connectivity index (χ4v) is 4.10. The van der Waals surface area contributed by atoms with Crippen LogP contribution in [-0.4, -0.2) is 30.0 Å². The molecule has 0 spiro atoms. The van der Waals surface area contributed by atoms with E-state index in [9.17, 15) is 10.4 Å². The monoisotopic (exact) mass is 385 g/mol. The van der Waals surface area contributed by atoms with Gasteiger partial charge in [-0.05, 0) is 44.4 Å². The van der Waals surface area contributed by atoms with E-state index in [1.165, 1.54) is 0 Å². The molecule has 0 saturated carbocycles. The number of rotatable bonds is 6. The summed E-state index contributed by atoms with van der Waals surface area (Å²) in [5.41, 5.74) is 0.572. The van der Waals surface area contributed by atoms with Gasteiger partial charge >= 0.3 is 0 Å². The summed E-state index contributed by atoms with van der Waals surface area (Å²) < 4.78 is 8.32. The van der Waals surface area contributed by atoms with E-state index in [0.29, 0.717) is 5.56 Å². The summed E-state index contributed by atoms with van der Waals surface area (Å²) in [6.45, 7) is 14.2. The van der Waals surface area contributed by atoms with Gasteiger partial charge in [0.15, 0.2) is 9.76 Å². The third-order valence-corrected chi connectivity index (χ3v) is 6.20. The maximum absolute atomic E-state index is 11.0. The molecule has 0 aliphatic rings. The van der Waals surface area contributed by atoms with E-state index in [1.54, 1.807) is 32.4 Å². The highest BCUT2D eigenvalue weighted by Crippen LogP contribution is 2.37. The predicted molar refractivity (Wildman–Crippen MR) is 110 cm³/mol. The van der Waals surface area contributed by atoms with Crippen molar-refractivity contribution in [3.8, 4) is 6.07 Å². The summed E-state index contributed by atoms with van der Waals surface area (Å²) in [6.07, 6.45) is 3.51. The lowest BCUT2D eigenvalue weighted by atomic mass is 9.88. The summed E-state index contributed by atoms with van der Waals surface area (Å²) in [7, 11) is -0.782. The largest absolute Gasteiger partial charge is 0.413 e. The van der Waals surface area contributed by atoms with E-state index in [2.05, 4.69) is 31.8 Å². The molecule has 1 N–H and O–H groups in total. The van der Waals surface area contributed by atoms with Gasteiger partial charge in [-0.3, -0.25) is 0 Å². The van der Waals surface area contributed by atoms with E-state index in [0.717, 1.165) is 11.3 Å². The smallest absolute Gasteiger partial charge is 0.168 e. The lowest BCUT2D eigenvalue weighted by Gasteiger charge is -2.37. The zero-order valence-electron chi connectivity index (χ0n) is 17.4. The molecular formula is C21H31N3O2Si. The zero-order valence-corrected chi connectivity index (χ0v) is 18.9. The minimum atomic E-state index is -1.10. The fourth-order valence-electron chi connectivity index (χ4n) is 3.16. The first-order valence-corrected chi connectivity index (χ1v) is 10.5. The van der Waals surface area contributed by atoms with Gasteiger partial charge in [0.1, 0.15) is 0 Å². The molecule has 2 rings (SSSR count). The molecule has 0 fully saturated rings. The van der Waals surface area contributed by atoms with Gasteiger partial charge in [-0.25, -0.2) is 4.98 Å². The Morgan fingerprint density at radius 1 is 1.15 bits per heavy atom. The number of hydrogen-bond donors (Lipinski definition) is 1. The van der Waals surface area contributed by atoms with Crippen molar-refractivity contribution in [2.75, 3.05) is 0 Å². The first-order valence-electron chi connectivity index (χ1n) is 9.24. The second kappa shape index (κ2) is 7.59. The van der Waals surface area contributed by atoms with Crippen molar-refractivity contribution >= 4 is 9.76 Å². The van der Waals surface area contributed by atoms with Gasteiger partial charge in [-0.1, -0.05) is 39.0 Å². The van der Waals surface area contributed by atoms with E-state index in [4.69, 9.17) is 4.43 Å². The summed E-state index contributed by atoms with van der Waals surface area (Å²) >= 11 is 0. The maximum atomic E-state index is 11.0. The van der Waals surface area contributed by atoms with Crippen molar-refractivity contribution in [1.82, 2.24) is 9.55 Å². The zero-order chi connectivity index (χ0) is 20.5. The van der Waals surface area contributed by atoms with Crippen molar-refractivity contribution in [3.05, 3.63) is 53.6 Å². The van der Waals surface area contributed by atoms with Gasteiger partial charge in [0.2, 0.25) is 0 Å². The Kier molecular flexibility index (Phi) is 6.00. The Bertz CT molecular complexity index is 823. The lowest BCUT2D eigenvalue weighted by Crippen LogP contribution is -2.38. The standard InChI is InChI=1S/C21H31N3O2Si/c1-19(2,3)27-26-21(6,7)17-13-23-14-24(17)18(20(4,5)25)16-11-9-8-10-15(16)12-22/h8-11,13-14,18,25H,27H2,1-7H3. The molecule has 1 unspecified atom stereocenters. The van der Waals surface area contributed by atoms with Crippen LogP contribution in [0.2, 0.25) is 5.04 Å². The summed E-state index contributed by atoms with van der Waals surface area (Å²) in [4.78, 5) is 4.35. The predicted octanol–water partition coefficient (Wildman–Crippen LogP) is 3.67. The van der Waals surface area contributed by atoms with Crippen molar-refractivity contribution in [2.45, 2.75) is 70.7 Å². The van der Waals surface area contributed by atoms with Crippen LogP contribution in [0.4, 0.5) is 0 Å². The molecule has 0 bridgehead atoms. The quantitative estimate of drug-likeness (QED) is 0.770. The number of nitriles is 1. The van der Waals surface area contributed by atoms with Crippen LogP contribution in [-0.2, 0) is 10.0 Å². The minimum Gasteiger partial charge on any atom is -0.413 e. The fraction of sp³-hybridized carbons (Fsp3) is 0.524. The molecule has 2 aromatic rings. The number of aromatic nitrogens is 2. The first kappa shape index (κ1) is 21.4. The second-order valence-electron chi connectivity index (χ2n) is 9.30. The first-order chi connectivity index (χ1) is 12.4. The van der Waals surface area contributed by atoms with Crippen LogP contribution in [0.1, 0.15) is 71.3 Å². The molecule has 146 valence electrons. The molecular weight excluding hydrogens is 354 g/mol. The molecule has 1 aromatic carbocycles. The van der Waals surface area contributed by atoms with Gasteiger partial charge in [0.25, 0.3) is 0 Å². The number of nitrogens with zero attached hydrogens (tertiary/aromatic N) is 3. The number of imidazole rings is 1. The van der Waals surface area contributed by atoms with Crippen molar-refractivity contribution in [3.63, 3.8) is 0 Å². The molecule has 0 aliphatic heterocycles. The Morgan fingerprint density at radius 3 is 2.33 bits per heavy atom. The molecule has 5 nitrogen and oxygen atoms in total. The van der Waals surface area contributed by atoms with Crippen LogP contribution in [0.25, 0.3) is 0 Å². The Hall–Kier alpha value is -1.94. The topological polar surface area (TPSA) is 71.1 Å². The lowest BCUT2D eigenvalue weighted by molar-refractivity contribution is 0.0303. The average Bonchev–Trinajstić information content (AvgIpc) is 3.02. The van der Waals surface area contributed by atoms with Crippen molar-refractivity contribution in [1.29, 1.82) is 5.26 Å². The molecule has 0 aliphatic carbocycles. The molecule has 0 radical (unpaired) electrons. The Balaban J connectivity index is 2.55. The molecule has 1 heterocycles. The van der Waals surface area contributed by atoms with Gasteiger partial charge in [0, 0.05) is 0 Å². The third-order valence-electron chi connectivity index (χ3n) is 4.47. The SMILES string of the molecule is CC(C)(C)[SiH2]OC(C)(C)c1cncn1C(c1ccccc1C#N)C(C)(C)O. The summed E-state index contributed by atoms with van der Waals surface area (Å²) in [5.74, 6) is 0. The Morgan fingerprint density at radius 2 is 1.78 bits per heavy atom. The molecule has 27 heavy (non-hydrogen) atoms. The molecule has 0 saturated heterocycles. The van der Waals surface area contributed by atoms with Crippen LogP contribution in [0, 0.1) is 11.3 Å². The van der Waals surface area contributed by atoms with Crippen LogP contribution in [0.3, 0.4) is 0 Å². The van der Waals surface area contributed by atoms with Gasteiger partial charge in [-0.2, -0.15) is 5.26 Å². The molecule has 6 heteroatoms. The van der Waals surface area contributed by atoms with Crippen LogP contribution in [0.15, 0.2) is 36.8 Å².